The lowest BCUT2D eigenvalue weighted by Gasteiger charge is -2.30. The van der Waals surface area contributed by atoms with E-state index in [1.807, 2.05) is 38.1 Å². The number of carbonyl (C=O) groups is 1. The molecular formula is C17H25NO2. The van der Waals surface area contributed by atoms with Crippen molar-refractivity contribution in [2.75, 3.05) is 0 Å². The molecule has 1 aliphatic rings. The Balaban J connectivity index is 1.88. The third kappa shape index (κ3) is 3.99. The van der Waals surface area contributed by atoms with Gasteiger partial charge in [0.2, 0.25) is 0 Å². The molecule has 1 aliphatic carbocycles. The first kappa shape index (κ1) is 14.9. The molecule has 0 heterocycles. The summed E-state index contributed by atoms with van der Waals surface area (Å²) in [6.45, 7) is 6.04. The van der Waals surface area contributed by atoms with E-state index >= 15 is 0 Å². The first-order valence-electron chi connectivity index (χ1n) is 7.60. The molecule has 3 heteroatoms. The van der Waals surface area contributed by atoms with Gasteiger partial charge < -0.3 is 10.1 Å². The molecule has 0 radical (unpaired) electrons. The van der Waals surface area contributed by atoms with Gasteiger partial charge in [-0.1, -0.05) is 31.9 Å². The zero-order valence-electron chi connectivity index (χ0n) is 12.7. The monoisotopic (exact) mass is 275 g/mol. The fraction of sp³-hybridized carbons (Fsp3) is 0.588. The van der Waals surface area contributed by atoms with E-state index in [2.05, 4.69) is 12.2 Å². The van der Waals surface area contributed by atoms with Gasteiger partial charge in [0.05, 0.1) is 0 Å². The maximum atomic E-state index is 12.2. The van der Waals surface area contributed by atoms with Crippen LogP contribution in [0.5, 0.6) is 5.75 Å². The number of carbonyl (C=O) groups excluding carboxylic acids is 1. The quantitative estimate of drug-likeness (QED) is 0.914. The topological polar surface area (TPSA) is 38.3 Å². The van der Waals surface area contributed by atoms with Gasteiger partial charge in [-0.2, -0.15) is 0 Å². The second kappa shape index (κ2) is 6.78. The highest BCUT2D eigenvalue weighted by atomic mass is 16.5. The molecule has 1 N–H and O–H groups in total. The van der Waals surface area contributed by atoms with Crippen LogP contribution >= 0.6 is 0 Å². The smallest absolute Gasteiger partial charge is 0.261 e. The van der Waals surface area contributed by atoms with Crippen LogP contribution in [-0.4, -0.2) is 18.1 Å². The van der Waals surface area contributed by atoms with Crippen molar-refractivity contribution in [2.24, 2.45) is 5.92 Å². The van der Waals surface area contributed by atoms with Gasteiger partial charge >= 0.3 is 0 Å². The fourth-order valence-corrected chi connectivity index (χ4v) is 2.78. The molecule has 1 fully saturated rings. The Hall–Kier alpha value is -1.51. The number of hydrogen-bond donors (Lipinski definition) is 1. The third-order valence-corrected chi connectivity index (χ3v) is 4.11. The average Bonchev–Trinajstić information content (AvgIpc) is 2.41. The van der Waals surface area contributed by atoms with Crippen LogP contribution in [0.4, 0.5) is 0 Å². The number of aryl methyl sites for hydroxylation is 1. The van der Waals surface area contributed by atoms with E-state index in [1.165, 1.54) is 19.3 Å². The minimum absolute atomic E-state index is 0.00902. The summed E-state index contributed by atoms with van der Waals surface area (Å²) in [6, 6.07) is 8.10. The molecule has 0 aromatic heterocycles. The Morgan fingerprint density at radius 1 is 1.35 bits per heavy atom. The van der Waals surface area contributed by atoms with Crippen molar-refractivity contribution in [3.63, 3.8) is 0 Å². The normalized spacial score (nSPS) is 23.9. The molecule has 20 heavy (non-hydrogen) atoms. The molecule has 0 bridgehead atoms. The lowest BCUT2D eigenvalue weighted by Crippen LogP contribution is -2.46. The minimum Gasteiger partial charge on any atom is -0.481 e. The van der Waals surface area contributed by atoms with Crippen LogP contribution in [0.25, 0.3) is 0 Å². The number of amides is 1. The van der Waals surface area contributed by atoms with Gasteiger partial charge in [-0.25, -0.2) is 0 Å². The van der Waals surface area contributed by atoms with E-state index in [1.54, 1.807) is 0 Å². The van der Waals surface area contributed by atoms with Crippen molar-refractivity contribution in [1.29, 1.82) is 0 Å². The number of nitrogens with one attached hydrogen (secondary N) is 1. The SMILES string of the molecule is Cc1cccc(O[C@@H](C)C(=O)N[C@H]2CCCC[C@@H]2C)c1. The van der Waals surface area contributed by atoms with Gasteiger partial charge in [-0.3, -0.25) is 4.79 Å². The van der Waals surface area contributed by atoms with Crippen molar-refractivity contribution >= 4 is 5.91 Å². The van der Waals surface area contributed by atoms with Crippen molar-refractivity contribution in [3.8, 4) is 5.75 Å². The van der Waals surface area contributed by atoms with Crippen molar-refractivity contribution in [1.82, 2.24) is 5.32 Å². The summed E-state index contributed by atoms with van der Waals surface area (Å²) < 4.78 is 5.72. The molecule has 1 aromatic carbocycles. The summed E-state index contributed by atoms with van der Waals surface area (Å²) in [5.74, 6) is 1.31. The van der Waals surface area contributed by atoms with Gasteiger partial charge in [0.1, 0.15) is 5.75 Å². The van der Waals surface area contributed by atoms with E-state index < -0.39 is 6.10 Å². The lowest BCUT2D eigenvalue weighted by molar-refractivity contribution is -0.128. The fourth-order valence-electron chi connectivity index (χ4n) is 2.78. The second-order valence-corrected chi connectivity index (χ2v) is 5.95. The third-order valence-electron chi connectivity index (χ3n) is 4.11. The first-order chi connectivity index (χ1) is 9.56. The standard InChI is InChI=1S/C17H25NO2/c1-12-7-6-9-15(11-12)20-14(3)17(19)18-16-10-5-4-8-13(16)2/h6-7,9,11,13-14,16H,4-5,8,10H2,1-3H3,(H,18,19)/t13-,14-,16-/m0/s1. The Morgan fingerprint density at radius 2 is 2.10 bits per heavy atom. The van der Waals surface area contributed by atoms with Crippen molar-refractivity contribution in [3.05, 3.63) is 29.8 Å². The van der Waals surface area contributed by atoms with E-state index in [0.29, 0.717) is 12.0 Å². The van der Waals surface area contributed by atoms with Crippen molar-refractivity contribution < 1.29 is 9.53 Å². The van der Waals surface area contributed by atoms with E-state index in [4.69, 9.17) is 4.74 Å². The summed E-state index contributed by atoms with van der Waals surface area (Å²) in [7, 11) is 0. The highest BCUT2D eigenvalue weighted by Gasteiger charge is 2.25. The van der Waals surface area contributed by atoms with Gasteiger partial charge in [0.25, 0.3) is 5.91 Å². The molecule has 1 aromatic rings. The first-order valence-corrected chi connectivity index (χ1v) is 7.60. The van der Waals surface area contributed by atoms with E-state index in [-0.39, 0.29) is 5.91 Å². The number of ether oxygens (including phenoxy) is 1. The molecule has 1 amide bonds. The summed E-state index contributed by atoms with van der Waals surface area (Å²) in [6.07, 6.45) is 4.33. The molecule has 1 saturated carbocycles. The van der Waals surface area contributed by atoms with Crippen LogP contribution in [0.15, 0.2) is 24.3 Å². The van der Waals surface area contributed by atoms with Gasteiger partial charge in [0.15, 0.2) is 6.10 Å². The highest BCUT2D eigenvalue weighted by Crippen LogP contribution is 2.24. The zero-order valence-corrected chi connectivity index (χ0v) is 12.7. The van der Waals surface area contributed by atoms with Gasteiger partial charge in [0, 0.05) is 6.04 Å². The maximum absolute atomic E-state index is 12.2. The molecule has 0 unspecified atom stereocenters. The molecule has 0 saturated heterocycles. The van der Waals surface area contributed by atoms with Crippen LogP contribution in [0.2, 0.25) is 0 Å². The largest absolute Gasteiger partial charge is 0.481 e. The Labute approximate surface area is 121 Å². The molecule has 110 valence electrons. The zero-order chi connectivity index (χ0) is 14.5. The summed E-state index contributed by atoms with van der Waals surface area (Å²) in [5.41, 5.74) is 1.14. The lowest BCUT2D eigenvalue weighted by atomic mass is 9.86. The number of benzene rings is 1. The Kier molecular flexibility index (Phi) is 5.05. The summed E-state index contributed by atoms with van der Waals surface area (Å²) >= 11 is 0. The molecule has 0 spiro atoms. The predicted octanol–water partition coefficient (Wildman–Crippen LogP) is 3.46. The van der Waals surface area contributed by atoms with Gasteiger partial charge in [-0.15, -0.1) is 0 Å². The predicted molar refractivity (Wildman–Crippen MR) is 80.8 cm³/mol. The second-order valence-electron chi connectivity index (χ2n) is 5.95. The highest BCUT2D eigenvalue weighted by molar-refractivity contribution is 5.81. The molecule has 3 atom stereocenters. The van der Waals surface area contributed by atoms with E-state index in [9.17, 15) is 4.79 Å². The molecular weight excluding hydrogens is 250 g/mol. The van der Waals surface area contributed by atoms with Crippen molar-refractivity contribution in [2.45, 2.75) is 58.6 Å². The number of rotatable bonds is 4. The van der Waals surface area contributed by atoms with Crippen LogP contribution < -0.4 is 10.1 Å². The summed E-state index contributed by atoms with van der Waals surface area (Å²) in [4.78, 5) is 12.2. The van der Waals surface area contributed by atoms with Crippen LogP contribution in [0, 0.1) is 12.8 Å². The molecule has 3 nitrogen and oxygen atoms in total. The summed E-state index contributed by atoms with van der Waals surface area (Å²) in [5, 5.41) is 3.14. The number of hydrogen-bond acceptors (Lipinski definition) is 2. The van der Waals surface area contributed by atoms with Crippen LogP contribution in [-0.2, 0) is 4.79 Å². The van der Waals surface area contributed by atoms with Gasteiger partial charge in [-0.05, 0) is 50.3 Å². The van der Waals surface area contributed by atoms with Crippen LogP contribution in [0.1, 0.15) is 45.1 Å². The maximum Gasteiger partial charge on any atom is 0.261 e. The Morgan fingerprint density at radius 3 is 2.80 bits per heavy atom. The average molecular weight is 275 g/mol. The van der Waals surface area contributed by atoms with Crippen LogP contribution in [0.3, 0.4) is 0 Å². The van der Waals surface area contributed by atoms with E-state index in [0.717, 1.165) is 17.7 Å². The molecule has 0 aliphatic heterocycles. The molecule has 2 rings (SSSR count). The Bertz CT molecular complexity index is 458. The minimum atomic E-state index is -0.453.